The van der Waals surface area contributed by atoms with E-state index >= 15 is 0 Å². The zero-order chi connectivity index (χ0) is 55.8. The van der Waals surface area contributed by atoms with E-state index in [0.29, 0.717) is 30.9 Å². The number of hydrogen-bond donors (Lipinski definition) is 4. The van der Waals surface area contributed by atoms with Gasteiger partial charge in [-0.1, -0.05) is 68.9 Å². The molecule has 4 N–H and O–H groups in total. The number of rotatable bonds is 10. The van der Waals surface area contributed by atoms with E-state index in [1.54, 1.807) is 6.07 Å². The number of likely N-dealkylation sites (tertiary alicyclic amines) is 3. The van der Waals surface area contributed by atoms with Crippen molar-refractivity contribution in [2.24, 2.45) is 17.8 Å². The van der Waals surface area contributed by atoms with Crippen LogP contribution in [0.25, 0.3) is 21.8 Å². The molecule has 3 saturated carbocycles. The molecule has 11 rings (SSSR count). The SMILES string of the molecule is CC(C)(C)OC(=O)N[C@H](C(=O)N1CC[C@@H]2[C@H]1[C@@H](c1c[nH]c3cc(F)ccc13)CN2C(=O)Cc1ccccc1)C1CCCCC1.CC(C)(C)OC(=O)N[C@H](C(=O)N1CC[C@H]2CC[C@H](c3c[nH]c4cc(F)ccc34)[C@H]21)C1CCCCC1. The summed E-state index contributed by atoms with van der Waals surface area (Å²) in [6.07, 6.45) is 17.0. The number of benzene rings is 3. The molecule has 3 saturated heterocycles. The van der Waals surface area contributed by atoms with Gasteiger partial charge in [-0.2, -0.15) is 0 Å². The standard InChI is InChI=1S/C35H43FN4O4.C28H38FN3O3/c1-35(2,3)44-34(43)38-31(23-12-8-5-9-13-23)33(42)39-17-16-29-32(39)27(26-20-37-28-19-24(36)14-15-25(26)28)21-40(29)30(41)18-22-10-6-4-7-11-22;1-28(2,3)35-27(34)31-24(17-7-5-4-6-8-17)26(33)32-14-13-18-9-11-21(25(18)32)22-16-30-23-15-19(29)10-12-20(22)23/h4,6-7,10-11,14-15,19-20,23,27,29,31-32,37H,5,8-9,12-13,16-18,21H2,1-3H3,(H,38,43);10,12,15-18,21,24-25,30H,4-9,11,13-14H2,1-3H3,(H,31,34)/t27-,29-,31+,32-;18-,21-,24+,25+/m11/s1. The minimum atomic E-state index is -0.698. The van der Waals surface area contributed by atoms with Crippen LogP contribution >= 0.6 is 0 Å². The number of aromatic nitrogens is 2. The van der Waals surface area contributed by atoms with E-state index in [-0.39, 0.29) is 77.6 Å². The normalized spacial score (nSPS) is 24.4. The Morgan fingerprint density at radius 1 is 0.582 bits per heavy atom. The molecule has 5 amide bonds. The van der Waals surface area contributed by atoms with Crippen LogP contribution in [0.5, 0.6) is 0 Å². The summed E-state index contributed by atoms with van der Waals surface area (Å²) in [5.41, 5.74) is 3.27. The molecule has 0 radical (unpaired) electrons. The number of carbonyl (C=O) groups excluding carboxylic acids is 5. The number of nitrogens with zero attached hydrogens (tertiary/aromatic N) is 3. The van der Waals surface area contributed by atoms with Crippen LogP contribution in [0.1, 0.15) is 160 Å². The third kappa shape index (κ3) is 12.5. The Kier molecular flexibility index (Phi) is 16.5. The lowest BCUT2D eigenvalue weighted by molar-refractivity contribution is -0.137. The molecule has 16 heteroatoms. The predicted molar refractivity (Wildman–Crippen MR) is 300 cm³/mol. The Hall–Kier alpha value is -6.45. The average molecular weight is 1090 g/mol. The highest BCUT2D eigenvalue weighted by Gasteiger charge is 2.54. The van der Waals surface area contributed by atoms with Crippen molar-refractivity contribution in [1.29, 1.82) is 0 Å². The molecule has 3 aliphatic carbocycles. The van der Waals surface area contributed by atoms with Crippen LogP contribution in [-0.4, -0.2) is 116 Å². The van der Waals surface area contributed by atoms with Crippen molar-refractivity contribution >= 4 is 51.7 Å². The number of carbonyl (C=O) groups is 5. The molecule has 14 nitrogen and oxygen atoms in total. The van der Waals surface area contributed by atoms with Gasteiger partial charge in [-0.3, -0.25) is 14.4 Å². The predicted octanol–water partition coefficient (Wildman–Crippen LogP) is 11.8. The summed E-state index contributed by atoms with van der Waals surface area (Å²) in [5.74, 6) is 0.0444. The van der Waals surface area contributed by atoms with Crippen LogP contribution in [0.3, 0.4) is 0 Å². The molecule has 5 heterocycles. The summed E-state index contributed by atoms with van der Waals surface area (Å²) in [6, 6.07) is 17.7. The van der Waals surface area contributed by atoms with Crippen molar-refractivity contribution in [2.45, 2.75) is 191 Å². The van der Waals surface area contributed by atoms with Gasteiger partial charge in [0, 0.05) is 71.7 Å². The van der Waals surface area contributed by atoms with Gasteiger partial charge in [0.05, 0.1) is 18.5 Å². The van der Waals surface area contributed by atoms with Crippen molar-refractivity contribution in [3.05, 3.63) is 107 Å². The van der Waals surface area contributed by atoms with E-state index in [1.165, 1.54) is 36.2 Å². The van der Waals surface area contributed by atoms with Gasteiger partial charge in [0.1, 0.15) is 34.9 Å². The molecule has 8 atom stereocenters. The van der Waals surface area contributed by atoms with Gasteiger partial charge in [0.2, 0.25) is 17.7 Å². The first-order valence-electron chi connectivity index (χ1n) is 29.3. The number of hydrogen-bond acceptors (Lipinski definition) is 7. The van der Waals surface area contributed by atoms with Crippen LogP contribution in [0.4, 0.5) is 18.4 Å². The van der Waals surface area contributed by atoms with Gasteiger partial charge in [-0.25, -0.2) is 18.4 Å². The molecule has 0 unspecified atom stereocenters. The highest BCUT2D eigenvalue weighted by atomic mass is 19.1. The number of fused-ring (bicyclic) bond motifs is 4. The number of nitrogens with one attached hydrogen (secondary N) is 4. The lowest BCUT2D eigenvalue weighted by Crippen LogP contribution is -2.55. The summed E-state index contributed by atoms with van der Waals surface area (Å²) in [6.45, 7) is 12.6. The molecule has 3 aromatic carbocycles. The third-order valence-electron chi connectivity index (χ3n) is 17.8. The first-order chi connectivity index (χ1) is 37.8. The number of halogens is 2. The van der Waals surface area contributed by atoms with E-state index in [1.807, 2.05) is 100 Å². The lowest BCUT2D eigenvalue weighted by atomic mass is 9.83. The first-order valence-corrected chi connectivity index (χ1v) is 29.3. The summed E-state index contributed by atoms with van der Waals surface area (Å²) >= 11 is 0. The maximum Gasteiger partial charge on any atom is 0.408 e. The lowest BCUT2D eigenvalue weighted by Gasteiger charge is -2.36. The van der Waals surface area contributed by atoms with Crippen molar-refractivity contribution in [3.8, 4) is 0 Å². The zero-order valence-electron chi connectivity index (χ0n) is 47.0. The Labute approximate surface area is 463 Å². The van der Waals surface area contributed by atoms with Gasteiger partial charge in [-0.15, -0.1) is 0 Å². The quantitative estimate of drug-likeness (QED) is 0.108. The molecule has 6 aliphatic rings. The second kappa shape index (κ2) is 23.3. The Morgan fingerprint density at radius 3 is 1.59 bits per heavy atom. The Morgan fingerprint density at radius 2 is 1.08 bits per heavy atom. The molecule has 3 aliphatic heterocycles. The van der Waals surface area contributed by atoms with E-state index in [2.05, 4.69) is 25.5 Å². The van der Waals surface area contributed by atoms with E-state index in [9.17, 15) is 32.8 Å². The van der Waals surface area contributed by atoms with E-state index in [4.69, 9.17) is 9.47 Å². The highest BCUT2D eigenvalue weighted by molar-refractivity contribution is 5.90. The number of amides is 5. The van der Waals surface area contributed by atoms with Gasteiger partial charge in [0.25, 0.3) is 0 Å². The second-order valence-electron chi connectivity index (χ2n) is 25.4. The molecule has 2 aromatic heterocycles. The fourth-order valence-corrected chi connectivity index (χ4v) is 14.5. The van der Waals surface area contributed by atoms with Gasteiger partial charge in [-0.05, 0) is 164 Å². The molecule has 0 bridgehead atoms. The average Bonchev–Trinajstić information content (AvgIpc) is 4.48. The number of H-pyrrole nitrogens is 2. The van der Waals surface area contributed by atoms with Crippen molar-refractivity contribution in [2.75, 3.05) is 19.6 Å². The van der Waals surface area contributed by atoms with Crippen LogP contribution in [-0.2, 0) is 30.3 Å². The minimum Gasteiger partial charge on any atom is -0.444 e. The first kappa shape index (κ1) is 55.8. The minimum absolute atomic E-state index is 0.0227. The number of ether oxygens (including phenoxy) is 2. The molecule has 6 fully saturated rings. The highest BCUT2D eigenvalue weighted by Crippen LogP contribution is 2.49. The maximum absolute atomic E-state index is 14.6. The summed E-state index contributed by atoms with van der Waals surface area (Å²) < 4.78 is 39.0. The van der Waals surface area contributed by atoms with Crippen LogP contribution in [0.15, 0.2) is 79.1 Å². The van der Waals surface area contributed by atoms with Gasteiger partial charge < -0.3 is 44.8 Å². The van der Waals surface area contributed by atoms with Crippen LogP contribution < -0.4 is 10.6 Å². The van der Waals surface area contributed by atoms with Crippen molar-refractivity contribution in [3.63, 3.8) is 0 Å². The Bertz CT molecular complexity index is 2990. The summed E-state index contributed by atoms with van der Waals surface area (Å²) in [4.78, 5) is 80.6. The van der Waals surface area contributed by atoms with Crippen LogP contribution in [0.2, 0.25) is 0 Å². The topological polar surface area (TPSA) is 169 Å². The summed E-state index contributed by atoms with van der Waals surface area (Å²) in [7, 11) is 0. The van der Waals surface area contributed by atoms with E-state index in [0.717, 1.165) is 111 Å². The molecular formula is C63H81F2N7O7. The number of aromatic amines is 2. The monoisotopic (exact) mass is 1090 g/mol. The second-order valence-corrected chi connectivity index (χ2v) is 25.4. The zero-order valence-corrected chi connectivity index (χ0v) is 47.0. The Balaban J connectivity index is 0.000000183. The fraction of sp³-hybridized carbons (Fsp3) is 0.571. The fourth-order valence-electron chi connectivity index (χ4n) is 14.5. The van der Waals surface area contributed by atoms with Gasteiger partial charge in [0.15, 0.2) is 0 Å². The number of alkyl carbamates (subject to hydrolysis) is 2. The third-order valence-corrected chi connectivity index (χ3v) is 17.8. The molecule has 79 heavy (non-hydrogen) atoms. The van der Waals surface area contributed by atoms with E-state index < -0.39 is 35.5 Å². The maximum atomic E-state index is 14.6. The molecule has 5 aromatic rings. The molecular weight excluding hydrogens is 1000 g/mol. The summed E-state index contributed by atoms with van der Waals surface area (Å²) in [5, 5.41) is 7.88. The smallest absolute Gasteiger partial charge is 0.408 e. The molecule has 424 valence electrons. The largest absolute Gasteiger partial charge is 0.444 e. The van der Waals surface area contributed by atoms with Crippen molar-refractivity contribution < 1.29 is 42.2 Å². The van der Waals surface area contributed by atoms with Gasteiger partial charge >= 0.3 is 12.2 Å². The van der Waals surface area contributed by atoms with Crippen LogP contribution in [0, 0.1) is 29.4 Å². The molecule has 0 spiro atoms. The van der Waals surface area contributed by atoms with Crippen molar-refractivity contribution in [1.82, 2.24) is 35.3 Å².